The Balaban J connectivity index is 1.79. The largest absolute Gasteiger partial charge is 0.283 e. The maximum atomic E-state index is 13.2. The van der Waals surface area contributed by atoms with Gasteiger partial charge in [0.15, 0.2) is 0 Å². The Kier molecular flexibility index (Phi) is 3.86. The first-order chi connectivity index (χ1) is 12.5. The second-order valence-electron chi connectivity index (χ2n) is 6.99. The highest BCUT2D eigenvalue weighted by Crippen LogP contribution is 2.49. The predicted octanol–water partition coefficient (Wildman–Crippen LogP) is 2.68. The van der Waals surface area contributed by atoms with Gasteiger partial charge in [-0.1, -0.05) is 48.0 Å². The van der Waals surface area contributed by atoms with E-state index in [1.165, 1.54) is 4.90 Å². The van der Waals surface area contributed by atoms with Crippen LogP contribution in [0.5, 0.6) is 0 Å². The number of nitrogens with zero attached hydrogens (tertiary/aromatic N) is 3. The van der Waals surface area contributed by atoms with Gasteiger partial charge >= 0.3 is 0 Å². The van der Waals surface area contributed by atoms with Crippen molar-refractivity contribution in [3.05, 3.63) is 65.7 Å². The topological polar surface area (TPSA) is 64.4 Å². The summed E-state index contributed by atoms with van der Waals surface area (Å²) in [5.74, 6) is -1.67. The van der Waals surface area contributed by atoms with Gasteiger partial charge in [-0.25, -0.2) is 4.90 Å². The van der Waals surface area contributed by atoms with Crippen LogP contribution in [0.4, 0.5) is 5.69 Å². The number of rotatable bonds is 2. The molecule has 0 N–H and O–H groups in total. The number of imide groups is 1. The normalized spacial score (nSPS) is 28.3. The molecular weight excluding hydrogens is 326 g/mol. The number of aryl methyl sites for hydroxylation is 1. The molecule has 2 aliphatic rings. The summed E-state index contributed by atoms with van der Waals surface area (Å²) >= 11 is 0. The molecule has 2 aromatic rings. The standard InChI is InChI=1S/C21H19N3O2/c1-13-8-10-15(11-9-13)24-20(25)17-16(12-22)23(2)19(18(17)21(24)26)14-6-4-3-5-7-14/h3-11,16-19H,1-2H3/t16-,17-,18-,19+/m1/s1. The Morgan fingerprint density at radius 1 is 0.923 bits per heavy atom. The molecular formula is C21H19N3O2. The van der Waals surface area contributed by atoms with E-state index in [0.717, 1.165) is 11.1 Å². The minimum absolute atomic E-state index is 0.220. The number of benzene rings is 2. The van der Waals surface area contributed by atoms with E-state index in [2.05, 4.69) is 6.07 Å². The Morgan fingerprint density at radius 3 is 2.15 bits per heavy atom. The van der Waals surface area contributed by atoms with E-state index in [4.69, 9.17) is 0 Å². The molecule has 0 bridgehead atoms. The minimum Gasteiger partial charge on any atom is -0.283 e. The summed E-state index contributed by atoms with van der Waals surface area (Å²) in [5, 5.41) is 9.67. The molecule has 4 rings (SSSR count). The van der Waals surface area contributed by atoms with Crippen molar-refractivity contribution >= 4 is 17.5 Å². The van der Waals surface area contributed by atoms with Gasteiger partial charge in [-0.15, -0.1) is 0 Å². The van der Waals surface area contributed by atoms with Gasteiger partial charge in [0.1, 0.15) is 6.04 Å². The average molecular weight is 345 g/mol. The van der Waals surface area contributed by atoms with Gasteiger partial charge in [-0.3, -0.25) is 14.5 Å². The quantitative estimate of drug-likeness (QED) is 0.785. The van der Waals surface area contributed by atoms with Gasteiger partial charge in [0.05, 0.1) is 23.6 Å². The van der Waals surface area contributed by atoms with Gasteiger partial charge in [-0.05, 0) is 31.7 Å². The highest BCUT2D eigenvalue weighted by molar-refractivity contribution is 6.23. The Morgan fingerprint density at radius 2 is 1.54 bits per heavy atom. The van der Waals surface area contributed by atoms with Crippen LogP contribution in [-0.2, 0) is 9.59 Å². The number of nitriles is 1. The average Bonchev–Trinajstić information content (AvgIpc) is 3.08. The summed E-state index contributed by atoms with van der Waals surface area (Å²) in [7, 11) is 1.82. The van der Waals surface area contributed by atoms with Crippen molar-refractivity contribution in [2.45, 2.75) is 19.0 Å². The summed E-state index contributed by atoms with van der Waals surface area (Å²) in [6.07, 6.45) is 0. The molecule has 0 radical (unpaired) electrons. The number of fused-ring (bicyclic) bond motifs is 1. The molecule has 130 valence electrons. The lowest BCUT2D eigenvalue weighted by Gasteiger charge is -2.27. The molecule has 2 heterocycles. The van der Waals surface area contributed by atoms with Crippen molar-refractivity contribution in [3.8, 4) is 6.07 Å². The van der Waals surface area contributed by atoms with Crippen molar-refractivity contribution in [2.24, 2.45) is 11.8 Å². The van der Waals surface area contributed by atoms with E-state index in [9.17, 15) is 14.9 Å². The highest BCUT2D eigenvalue weighted by Gasteiger charge is 2.62. The second kappa shape index (κ2) is 6.08. The van der Waals surface area contributed by atoms with Crippen molar-refractivity contribution in [1.29, 1.82) is 5.26 Å². The summed E-state index contributed by atoms with van der Waals surface area (Å²) < 4.78 is 0. The molecule has 0 spiro atoms. The van der Waals surface area contributed by atoms with E-state index in [-0.39, 0.29) is 17.9 Å². The SMILES string of the molecule is Cc1ccc(N2C(=O)[C@@H]3[C@H](C2=O)[C@@H](C#N)N(C)[C@H]3c2ccccc2)cc1. The second-order valence-corrected chi connectivity index (χ2v) is 6.99. The lowest BCUT2D eigenvalue weighted by atomic mass is 9.87. The molecule has 0 aromatic heterocycles. The molecule has 2 aromatic carbocycles. The van der Waals surface area contributed by atoms with Gasteiger partial charge in [-0.2, -0.15) is 5.26 Å². The molecule has 5 nitrogen and oxygen atoms in total. The molecule has 2 fully saturated rings. The summed E-state index contributed by atoms with van der Waals surface area (Å²) in [4.78, 5) is 29.5. The zero-order valence-corrected chi connectivity index (χ0v) is 14.7. The summed E-state index contributed by atoms with van der Waals surface area (Å²) in [6.45, 7) is 1.96. The van der Waals surface area contributed by atoms with Crippen LogP contribution in [0.2, 0.25) is 0 Å². The third-order valence-corrected chi connectivity index (χ3v) is 5.52. The maximum absolute atomic E-state index is 13.2. The number of anilines is 1. The molecule has 5 heteroatoms. The molecule has 2 amide bonds. The molecule has 26 heavy (non-hydrogen) atoms. The fraction of sp³-hybridized carbons (Fsp3) is 0.286. The monoisotopic (exact) mass is 345 g/mol. The smallest absolute Gasteiger partial charge is 0.240 e. The van der Waals surface area contributed by atoms with Gasteiger partial charge < -0.3 is 0 Å². The summed E-state index contributed by atoms with van der Waals surface area (Å²) in [5.41, 5.74) is 2.59. The van der Waals surface area contributed by atoms with Crippen LogP contribution in [0, 0.1) is 30.1 Å². The third-order valence-electron chi connectivity index (χ3n) is 5.52. The van der Waals surface area contributed by atoms with E-state index < -0.39 is 17.9 Å². The molecule has 4 atom stereocenters. The molecule has 2 aliphatic heterocycles. The zero-order valence-electron chi connectivity index (χ0n) is 14.7. The number of hydrogen-bond acceptors (Lipinski definition) is 4. The fourth-order valence-corrected chi connectivity index (χ4v) is 4.27. The molecule has 0 unspecified atom stereocenters. The van der Waals surface area contributed by atoms with Crippen molar-refractivity contribution in [1.82, 2.24) is 4.90 Å². The van der Waals surface area contributed by atoms with Gasteiger partial charge in [0.2, 0.25) is 11.8 Å². The number of amides is 2. The Bertz CT molecular complexity index is 901. The molecule has 2 saturated heterocycles. The first-order valence-corrected chi connectivity index (χ1v) is 8.65. The number of carbonyl (C=O) groups is 2. The Hall–Kier alpha value is -2.97. The third kappa shape index (κ3) is 2.27. The van der Waals surface area contributed by atoms with Crippen molar-refractivity contribution in [3.63, 3.8) is 0 Å². The van der Waals surface area contributed by atoms with Crippen LogP contribution in [-0.4, -0.2) is 29.8 Å². The Labute approximate surface area is 152 Å². The minimum atomic E-state index is -0.635. The molecule has 0 saturated carbocycles. The van der Waals surface area contributed by atoms with E-state index in [1.807, 2.05) is 61.3 Å². The highest BCUT2D eigenvalue weighted by atomic mass is 16.2. The number of hydrogen-bond donors (Lipinski definition) is 0. The summed E-state index contributed by atoms with van der Waals surface area (Å²) in [6, 6.07) is 18.3. The molecule has 0 aliphatic carbocycles. The first-order valence-electron chi connectivity index (χ1n) is 8.65. The lowest BCUT2D eigenvalue weighted by Crippen LogP contribution is -2.39. The predicted molar refractivity (Wildman–Crippen MR) is 97.0 cm³/mol. The van der Waals surface area contributed by atoms with Crippen molar-refractivity contribution in [2.75, 3.05) is 11.9 Å². The van der Waals surface area contributed by atoms with Crippen LogP contribution >= 0.6 is 0 Å². The number of likely N-dealkylation sites (tertiary alicyclic amines) is 1. The lowest BCUT2D eigenvalue weighted by molar-refractivity contribution is -0.123. The van der Waals surface area contributed by atoms with Crippen molar-refractivity contribution < 1.29 is 9.59 Å². The fourth-order valence-electron chi connectivity index (χ4n) is 4.27. The maximum Gasteiger partial charge on any atom is 0.240 e. The number of carbonyl (C=O) groups excluding carboxylic acids is 2. The van der Waals surface area contributed by atoms with Gasteiger partial charge in [0.25, 0.3) is 0 Å². The van der Waals surface area contributed by atoms with Crippen LogP contribution in [0.25, 0.3) is 0 Å². The van der Waals surface area contributed by atoms with E-state index in [1.54, 1.807) is 12.1 Å². The van der Waals surface area contributed by atoms with Gasteiger partial charge in [0, 0.05) is 6.04 Å². The zero-order chi connectivity index (χ0) is 18.4. The van der Waals surface area contributed by atoms with Crippen LogP contribution < -0.4 is 4.90 Å². The van der Waals surface area contributed by atoms with Crippen LogP contribution in [0.3, 0.4) is 0 Å². The van der Waals surface area contributed by atoms with E-state index >= 15 is 0 Å². The van der Waals surface area contributed by atoms with Crippen LogP contribution in [0.15, 0.2) is 54.6 Å². The van der Waals surface area contributed by atoms with Crippen LogP contribution in [0.1, 0.15) is 17.2 Å². The first kappa shape index (κ1) is 16.5. The van der Waals surface area contributed by atoms with E-state index in [0.29, 0.717) is 5.69 Å².